The molecule has 2 fully saturated rings. The summed E-state index contributed by atoms with van der Waals surface area (Å²) in [6, 6.07) is 0. The van der Waals surface area contributed by atoms with Crippen LogP contribution in [0.3, 0.4) is 0 Å². The molecule has 1 atom stereocenters. The average Bonchev–Trinajstić information content (AvgIpc) is 2.44. The van der Waals surface area contributed by atoms with Crippen molar-refractivity contribution in [1.82, 2.24) is 4.90 Å². The smallest absolute Gasteiger partial charge is 0.231 e. The maximum Gasteiger partial charge on any atom is 0.231 e. The number of rotatable bonds is 7. The molecule has 0 aromatic carbocycles. The first kappa shape index (κ1) is 17.7. The lowest BCUT2D eigenvalue weighted by Gasteiger charge is -2.30. The lowest BCUT2D eigenvalue weighted by Crippen LogP contribution is -2.41. The van der Waals surface area contributed by atoms with Gasteiger partial charge in [0.15, 0.2) is 9.84 Å². The number of hydrogen-bond donors (Lipinski definition) is 1. The van der Waals surface area contributed by atoms with Gasteiger partial charge in [0.2, 0.25) is 5.91 Å². The summed E-state index contributed by atoms with van der Waals surface area (Å²) in [4.78, 5) is 13.4. The van der Waals surface area contributed by atoms with Crippen molar-refractivity contribution in [2.24, 2.45) is 17.6 Å². The molecule has 1 saturated carbocycles. The SMILES string of the molecule is NC(=O)CN(CCC1CCCCC1)CC1CCCS(=O)(=O)C1. The first-order chi connectivity index (χ1) is 10.4. The Morgan fingerprint density at radius 3 is 2.36 bits per heavy atom. The molecule has 0 aromatic heterocycles. The molecular weight excluding hydrogens is 300 g/mol. The van der Waals surface area contributed by atoms with Crippen LogP contribution in [0.15, 0.2) is 0 Å². The molecule has 0 aromatic rings. The fourth-order valence-electron chi connectivity index (χ4n) is 3.92. The quantitative estimate of drug-likeness (QED) is 0.768. The maximum absolute atomic E-state index is 11.8. The van der Waals surface area contributed by atoms with Crippen molar-refractivity contribution >= 4 is 15.7 Å². The van der Waals surface area contributed by atoms with Gasteiger partial charge in [0.25, 0.3) is 0 Å². The number of amides is 1. The number of nitrogens with zero attached hydrogens (tertiary/aromatic N) is 1. The van der Waals surface area contributed by atoms with E-state index < -0.39 is 9.84 Å². The molecule has 0 radical (unpaired) electrons. The molecule has 2 N–H and O–H groups in total. The predicted molar refractivity (Wildman–Crippen MR) is 88.2 cm³/mol. The molecule has 22 heavy (non-hydrogen) atoms. The van der Waals surface area contributed by atoms with E-state index in [-0.39, 0.29) is 24.1 Å². The van der Waals surface area contributed by atoms with E-state index in [1.807, 2.05) is 0 Å². The van der Waals surface area contributed by atoms with Crippen LogP contribution in [0.2, 0.25) is 0 Å². The van der Waals surface area contributed by atoms with E-state index in [1.165, 1.54) is 32.1 Å². The van der Waals surface area contributed by atoms with Crippen molar-refractivity contribution in [3.05, 3.63) is 0 Å². The lowest BCUT2D eigenvalue weighted by molar-refractivity contribution is -0.119. The molecule has 6 heteroatoms. The molecule has 0 bridgehead atoms. The Labute approximate surface area is 134 Å². The number of hydrogen-bond acceptors (Lipinski definition) is 4. The van der Waals surface area contributed by atoms with Crippen LogP contribution >= 0.6 is 0 Å². The Morgan fingerprint density at radius 2 is 1.73 bits per heavy atom. The average molecular weight is 330 g/mol. The van der Waals surface area contributed by atoms with E-state index >= 15 is 0 Å². The van der Waals surface area contributed by atoms with Gasteiger partial charge in [-0.25, -0.2) is 8.42 Å². The first-order valence-corrected chi connectivity index (χ1v) is 10.5. The van der Waals surface area contributed by atoms with Crippen LogP contribution < -0.4 is 5.73 Å². The number of sulfone groups is 1. The standard InChI is InChI=1S/C16H30N2O3S/c17-16(19)12-18(9-8-14-5-2-1-3-6-14)11-15-7-4-10-22(20,21)13-15/h14-15H,1-13H2,(H2,17,19). The lowest BCUT2D eigenvalue weighted by atomic mass is 9.87. The van der Waals surface area contributed by atoms with E-state index in [0.717, 1.165) is 31.7 Å². The summed E-state index contributed by atoms with van der Waals surface area (Å²) in [5.74, 6) is 1.19. The maximum atomic E-state index is 11.8. The van der Waals surface area contributed by atoms with Crippen molar-refractivity contribution < 1.29 is 13.2 Å². The van der Waals surface area contributed by atoms with Gasteiger partial charge in [0.1, 0.15) is 0 Å². The van der Waals surface area contributed by atoms with Crippen molar-refractivity contribution in [3.8, 4) is 0 Å². The highest BCUT2D eigenvalue weighted by Crippen LogP contribution is 2.27. The minimum absolute atomic E-state index is 0.157. The Kier molecular flexibility index (Phi) is 6.68. The van der Waals surface area contributed by atoms with E-state index in [0.29, 0.717) is 12.3 Å². The molecule has 0 spiro atoms. The van der Waals surface area contributed by atoms with Crippen molar-refractivity contribution in [2.45, 2.75) is 51.4 Å². The highest BCUT2D eigenvalue weighted by atomic mass is 32.2. The van der Waals surface area contributed by atoms with Gasteiger partial charge in [-0.15, -0.1) is 0 Å². The zero-order valence-electron chi connectivity index (χ0n) is 13.5. The van der Waals surface area contributed by atoms with Crippen molar-refractivity contribution in [1.29, 1.82) is 0 Å². The van der Waals surface area contributed by atoms with Gasteiger partial charge in [-0.05, 0) is 37.6 Å². The topological polar surface area (TPSA) is 80.5 Å². The Balaban J connectivity index is 1.83. The minimum Gasteiger partial charge on any atom is -0.369 e. The van der Waals surface area contributed by atoms with Crippen LogP contribution in [0.4, 0.5) is 0 Å². The highest BCUT2D eigenvalue weighted by molar-refractivity contribution is 7.91. The zero-order chi connectivity index (χ0) is 16.0. The Hall–Kier alpha value is -0.620. The fraction of sp³-hybridized carbons (Fsp3) is 0.938. The second kappa shape index (κ2) is 8.29. The molecule has 1 amide bonds. The molecule has 2 aliphatic rings. The molecule has 1 aliphatic carbocycles. The summed E-state index contributed by atoms with van der Waals surface area (Å²) in [5, 5.41) is 0. The number of primary amides is 1. The van der Waals surface area contributed by atoms with Gasteiger partial charge in [0, 0.05) is 6.54 Å². The summed E-state index contributed by atoms with van der Waals surface area (Å²) >= 11 is 0. The molecular formula is C16H30N2O3S. The number of carbonyl (C=O) groups is 1. The molecule has 128 valence electrons. The third-order valence-electron chi connectivity index (χ3n) is 5.03. The van der Waals surface area contributed by atoms with E-state index in [2.05, 4.69) is 4.90 Å². The number of nitrogens with two attached hydrogens (primary N) is 1. The first-order valence-electron chi connectivity index (χ1n) is 8.66. The predicted octanol–water partition coefficient (Wildman–Crippen LogP) is 1.57. The molecule has 5 nitrogen and oxygen atoms in total. The van der Waals surface area contributed by atoms with Crippen LogP contribution in [0, 0.1) is 11.8 Å². The highest BCUT2D eigenvalue weighted by Gasteiger charge is 2.27. The van der Waals surface area contributed by atoms with Crippen LogP contribution in [-0.4, -0.2) is 50.4 Å². The molecule has 1 saturated heterocycles. The van der Waals surface area contributed by atoms with Crippen molar-refractivity contribution in [3.63, 3.8) is 0 Å². The fourth-order valence-corrected chi connectivity index (χ4v) is 5.69. The molecule has 1 aliphatic heterocycles. The molecule has 2 rings (SSSR count). The number of carbonyl (C=O) groups excluding carboxylic acids is 1. The zero-order valence-corrected chi connectivity index (χ0v) is 14.3. The second-order valence-corrected chi connectivity index (χ2v) is 9.35. The van der Waals surface area contributed by atoms with Gasteiger partial charge in [-0.1, -0.05) is 32.1 Å². The Morgan fingerprint density at radius 1 is 1.05 bits per heavy atom. The van der Waals surface area contributed by atoms with Gasteiger partial charge < -0.3 is 5.73 Å². The molecule has 1 unspecified atom stereocenters. The van der Waals surface area contributed by atoms with Crippen LogP contribution in [0.25, 0.3) is 0 Å². The van der Waals surface area contributed by atoms with Crippen LogP contribution in [0.1, 0.15) is 51.4 Å². The van der Waals surface area contributed by atoms with Gasteiger partial charge in [-0.3, -0.25) is 9.69 Å². The minimum atomic E-state index is -2.88. The summed E-state index contributed by atoms with van der Waals surface area (Å²) in [6.45, 7) is 1.81. The Bertz CT molecular complexity index is 458. The third kappa shape index (κ3) is 6.24. The summed E-state index contributed by atoms with van der Waals surface area (Å²) in [5.41, 5.74) is 5.36. The van der Waals surface area contributed by atoms with E-state index in [9.17, 15) is 13.2 Å². The monoisotopic (exact) mass is 330 g/mol. The van der Waals surface area contributed by atoms with Gasteiger partial charge >= 0.3 is 0 Å². The molecule has 1 heterocycles. The summed E-state index contributed by atoms with van der Waals surface area (Å²) in [6.07, 6.45) is 9.37. The van der Waals surface area contributed by atoms with Crippen LogP contribution in [0.5, 0.6) is 0 Å². The van der Waals surface area contributed by atoms with Crippen LogP contribution in [-0.2, 0) is 14.6 Å². The van der Waals surface area contributed by atoms with Gasteiger partial charge in [0.05, 0.1) is 18.1 Å². The van der Waals surface area contributed by atoms with Gasteiger partial charge in [-0.2, -0.15) is 0 Å². The second-order valence-electron chi connectivity index (χ2n) is 7.12. The van der Waals surface area contributed by atoms with E-state index in [1.54, 1.807) is 0 Å². The largest absolute Gasteiger partial charge is 0.369 e. The normalized spacial score (nSPS) is 26.1. The van der Waals surface area contributed by atoms with Crippen molar-refractivity contribution in [2.75, 3.05) is 31.1 Å². The summed E-state index contributed by atoms with van der Waals surface area (Å²) in [7, 11) is -2.88. The third-order valence-corrected chi connectivity index (χ3v) is 6.92. The van der Waals surface area contributed by atoms with E-state index in [4.69, 9.17) is 5.73 Å². The summed E-state index contributed by atoms with van der Waals surface area (Å²) < 4.78 is 23.5.